The zero-order valence-corrected chi connectivity index (χ0v) is 16.5. The Morgan fingerprint density at radius 2 is 2.00 bits per heavy atom. The van der Waals surface area contributed by atoms with Crippen LogP contribution in [-0.4, -0.2) is 30.5 Å². The van der Waals surface area contributed by atoms with Crippen molar-refractivity contribution in [1.82, 2.24) is 0 Å². The van der Waals surface area contributed by atoms with Gasteiger partial charge in [0.05, 0.1) is 36.5 Å². The van der Waals surface area contributed by atoms with Crippen molar-refractivity contribution in [3.05, 3.63) is 63.9 Å². The quantitative estimate of drug-likeness (QED) is 0.341. The molecular formula is C21H20N2O7. The van der Waals surface area contributed by atoms with Crippen molar-refractivity contribution in [1.29, 1.82) is 0 Å². The Morgan fingerprint density at radius 1 is 1.20 bits per heavy atom. The summed E-state index contributed by atoms with van der Waals surface area (Å²) in [5.41, 5.74) is 2.56. The normalized spacial score (nSPS) is 10.6. The Bertz CT molecular complexity index is 1100. The summed E-state index contributed by atoms with van der Waals surface area (Å²) >= 11 is 0. The summed E-state index contributed by atoms with van der Waals surface area (Å²) in [4.78, 5) is 34.5. The number of anilines is 1. The molecule has 1 aromatic heterocycles. The molecule has 30 heavy (non-hydrogen) atoms. The van der Waals surface area contributed by atoms with Crippen molar-refractivity contribution < 1.29 is 28.4 Å². The van der Waals surface area contributed by atoms with E-state index in [2.05, 4.69) is 5.32 Å². The maximum Gasteiger partial charge on any atom is 0.310 e. The van der Waals surface area contributed by atoms with E-state index in [0.717, 1.165) is 17.4 Å². The Morgan fingerprint density at radius 3 is 2.70 bits per heavy atom. The van der Waals surface area contributed by atoms with Crippen LogP contribution < -0.4 is 10.1 Å². The lowest BCUT2D eigenvalue weighted by atomic mass is 10.1. The lowest BCUT2D eigenvalue weighted by molar-refractivity contribution is -0.384. The molecule has 3 rings (SSSR count). The van der Waals surface area contributed by atoms with Crippen molar-refractivity contribution in [2.45, 2.75) is 19.8 Å². The van der Waals surface area contributed by atoms with E-state index >= 15 is 0 Å². The highest BCUT2D eigenvalue weighted by molar-refractivity contribution is 5.94. The summed E-state index contributed by atoms with van der Waals surface area (Å²) in [6, 6.07) is 9.56. The van der Waals surface area contributed by atoms with Gasteiger partial charge in [-0.2, -0.15) is 0 Å². The molecule has 0 saturated carbocycles. The number of aryl methyl sites for hydroxylation is 1. The number of carbonyl (C=O) groups excluding carboxylic acids is 2. The van der Waals surface area contributed by atoms with Crippen molar-refractivity contribution in [3.63, 3.8) is 0 Å². The lowest BCUT2D eigenvalue weighted by Gasteiger charge is -2.10. The molecule has 9 nitrogen and oxygen atoms in total. The summed E-state index contributed by atoms with van der Waals surface area (Å²) in [6.07, 6.45) is 2.35. The number of furan rings is 1. The van der Waals surface area contributed by atoms with Gasteiger partial charge in [-0.1, -0.05) is 19.1 Å². The summed E-state index contributed by atoms with van der Waals surface area (Å²) in [5.74, 6) is -1.05. The summed E-state index contributed by atoms with van der Waals surface area (Å²) in [5, 5.41) is 14.1. The molecule has 0 atom stereocenters. The number of hydrogen-bond donors (Lipinski definition) is 1. The number of amides is 1. The second kappa shape index (κ2) is 9.08. The second-order valence-corrected chi connectivity index (χ2v) is 6.47. The maximum absolute atomic E-state index is 12.1. The first-order chi connectivity index (χ1) is 14.4. The zero-order valence-electron chi connectivity index (χ0n) is 16.5. The van der Waals surface area contributed by atoms with Gasteiger partial charge in [0.25, 0.3) is 11.6 Å². The van der Waals surface area contributed by atoms with Crippen LogP contribution in [0.2, 0.25) is 0 Å². The number of nitro groups is 1. The number of hydrogen-bond acceptors (Lipinski definition) is 7. The number of non-ortho nitro benzene ring substituents is 1. The molecule has 1 amide bonds. The van der Waals surface area contributed by atoms with E-state index in [-0.39, 0.29) is 23.5 Å². The number of nitrogens with one attached hydrogen (secondary N) is 1. The molecule has 0 aliphatic carbocycles. The highest BCUT2D eigenvalue weighted by Gasteiger charge is 2.16. The summed E-state index contributed by atoms with van der Waals surface area (Å²) in [7, 11) is 1.33. The predicted molar refractivity (Wildman–Crippen MR) is 109 cm³/mol. The number of benzene rings is 2. The highest BCUT2D eigenvalue weighted by atomic mass is 16.6. The highest BCUT2D eigenvalue weighted by Crippen LogP contribution is 2.29. The van der Waals surface area contributed by atoms with Crippen LogP contribution in [0.4, 0.5) is 11.4 Å². The minimum absolute atomic E-state index is 0.0351. The molecule has 9 heteroatoms. The van der Waals surface area contributed by atoms with Gasteiger partial charge < -0.3 is 19.2 Å². The first-order valence-electron chi connectivity index (χ1n) is 9.18. The SMILES string of the molecule is CCc1ccc2c(CC(=O)OCC(=O)Nc3ccc([N+](=O)[O-])cc3OC)coc2c1. The lowest BCUT2D eigenvalue weighted by Crippen LogP contribution is -2.21. The van der Waals surface area contributed by atoms with Crippen LogP contribution in [-0.2, 0) is 27.2 Å². The molecule has 0 spiro atoms. The Kier molecular flexibility index (Phi) is 6.31. The Balaban J connectivity index is 1.57. The van der Waals surface area contributed by atoms with Gasteiger partial charge in [0.15, 0.2) is 6.61 Å². The first kappa shape index (κ1) is 20.8. The fraction of sp³-hybridized carbons (Fsp3) is 0.238. The average molecular weight is 412 g/mol. The predicted octanol–water partition coefficient (Wildman–Crippen LogP) is 3.64. The summed E-state index contributed by atoms with van der Waals surface area (Å²) < 4.78 is 15.6. The minimum atomic E-state index is -0.597. The fourth-order valence-electron chi connectivity index (χ4n) is 2.92. The molecule has 0 bridgehead atoms. The van der Waals surface area contributed by atoms with Crippen LogP contribution in [0.1, 0.15) is 18.1 Å². The molecule has 0 saturated heterocycles. The van der Waals surface area contributed by atoms with E-state index in [1.807, 2.05) is 25.1 Å². The maximum atomic E-state index is 12.1. The van der Waals surface area contributed by atoms with Gasteiger partial charge >= 0.3 is 5.97 Å². The largest absolute Gasteiger partial charge is 0.494 e. The summed E-state index contributed by atoms with van der Waals surface area (Å²) in [6.45, 7) is 1.54. The van der Waals surface area contributed by atoms with Gasteiger partial charge in [0.1, 0.15) is 11.3 Å². The zero-order chi connectivity index (χ0) is 21.7. The van der Waals surface area contributed by atoms with E-state index in [1.54, 1.807) is 0 Å². The number of fused-ring (bicyclic) bond motifs is 1. The van der Waals surface area contributed by atoms with Crippen molar-refractivity contribution in [3.8, 4) is 5.75 Å². The molecule has 1 N–H and O–H groups in total. The number of methoxy groups -OCH3 is 1. The van der Waals surface area contributed by atoms with Crippen LogP contribution in [0.5, 0.6) is 5.75 Å². The standard InChI is InChI=1S/C21H20N2O7/c1-3-13-4-6-16-14(11-29-18(16)8-13)9-21(25)30-12-20(24)22-17-7-5-15(23(26)27)10-19(17)28-2/h4-8,10-11H,3,9,12H2,1-2H3,(H,22,24). The molecule has 0 radical (unpaired) electrons. The number of nitro benzene ring substituents is 1. The van der Waals surface area contributed by atoms with E-state index < -0.39 is 23.4 Å². The third kappa shape index (κ3) is 4.75. The molecule has 1 heterocycles. The van der Waals surface area contributed by atoms with E-state index in [9.17, 15) is 19.7 Å². The molecule has 0 unspecified atom stereocenters. The minimum Gasteiger partial charge on any atom is -0.494 e. The van der Waals surface area contributed by atoms with Crippen LogP contribution in [0.15, 0.2) is 47.1 Å². The number of carbonyl (C=O) groups is 2. The van der Waals surface area contributed by atoms with Crippen molar-refractivity contribution in [2.24, 2.45) is 0 Å². The first-order valence-corrected chi connectivity index (χ1v) is 9.18. The molecule has 2 aromatic carbocycles. The molecular weight excluding hydrogens is 392 g/mol. The van der Waals surface area contributed by atoms with E-state index in [4.69, 9.17) is 13.9 Å². The number of nitrogens with zero attached hydrogens (tertiary/aromatic N) is 1. The monoisotopic (exact) mass is 412 g/mol. The van der Waals surface area contributed by atoms with E-state index in [1.165, 1.54) is 31.6 Å². The van der Waals surface area contributed by atoms with Gasteiger partial charge in [-0.15, -0.1) is 0 Å². The van der Waals surface area contributed by atoms with Crippen molar-refractivity contribution >= 4 is 34.2 Å². The third-order valence-corrected chi connectivity index (χ3v) is 4.50. The fourth-order valence-corrected chi connectivity index (χ4v) is 2.92. The second-order valence-electron chi connectivity index (χ2n) is 6.47. The smallest absolute Gasteiger partial charge is 0.310 e. The van der Waals surface area contributed by atoms with Crippen LogP contribution >= 0.6 is 0 Å². The topological polar surface area (TPSA) is 121 Å². The Labute approximate surface area is 171 Å². The Hall–Kier alpha value is -3.88. The van der Waals surface area contributed by atoms with Gasteiger partial charge in [-0.25, -0.2) is 0 Å². The van der Waals surface area contributed by atoms with Gasteiger partial charge in [0, 0.05) is 17.0 Å². The van der Waals surface area contributed by atoms with Gasteiger partial charge in [-0.05, 0) is 24.1 Å². The molecule has 0 aliphatic rings. The van der Waals surface area contributed by atoms with E-state index in [0.29, 0.717) is 11.1 Å². The molecule has 3 aromatic rings. The third-order valence-electron chi connectivity index (χ3n) is 4.50. The number of rotatable bonds is 8. The molecule has 0 fully saturated rings. The molecule has 0 aliphatic heterocycles. The van der Waals surface area contributed by atoms with Crippen LogP contribution in [0, 0.1) is 10.1 Å². The average Bonchev–Trinajstić information content (AvgIpc) is 3.14. The van der Waals surface area contributed by atoms with Crippen molar-refractivity contribution in [2.75, 3.05) is 19.0 Å². The van der Waals surface area contributed by atoms with Gasteiger partial charge in [-0.3, -0.25) is 19.7 Å². The van der Waals surface area contributed by atoms with Crippen LogP contribution in [0.25, 0.3) is 11.0 Å². The van der Waals surface area contributed by atoms with Crippen LogP contribution in [0.3, 0.4) is 0 Å². The number of esters is 1. The molecule has 156 valence electrons. The number of ether oxygens (including phenoxy) is 2. The van der Waals surface area contributed by atoms with Gasteiger partial charge in [0.2, 0.25) is 0 Å².